The Morgan fingerprint density at radius 2 is 0.518 bits per heavy atom. The van der Waals surface area contributed by atoms with Gasteiger partial charge in [-0.25, -0.2) is 0 Å². The van der Waals surface area contributed by atoms with Crippen molar-refractivity contribution in [3.8, 4) is 0 Å². The molecular formula is C77H128O6. The van der Waals surface area contributed by atoms with Gasteiger partial charge in [0, 0.05) is 12.8 Å². The van der Waals surface area contributed by atoms with E-state index in [4.69, 9.17) is 14.2 Å². The summed E-state index contributed by atoms with van der Waals surface area (Å²) in [6.45, 7) is 6.32. The van der Waals surface area contributed by atoms with Crippen LogP contribution in [0.25, 0.3) is 0 Å². The Morgan fingerprint density at radius 3 is 0.843 bits per heavy atom. The van der Waals surface area contributed by atoms with Gasteiger partial charge in [-0.3, -0.25) is 14.4 Å². The molecule has 0 saturated carbocycles. The second-order valence-electron chi connectivity index (χ2n) is 22.7. The van der Waals surface area contributed by atoms with Crippen molar-refractivity contribution in [2.45, 2.75) is 322 Å². The summed E-state index contributed by atoms with van der Waals surface area (Å²) in [6.07, 6.45) is 99.5. The van der Waals surface area contributed by atoms with E-state index in [2.05, 4.69) is 142 Å². The van der Waals surface area contributed by atoms with Crippen LogP contribution in [0, 0.1) is 0 Å². The van der Waals surface area contributed by atoms with Gasteiger partial charge in [0.15, 0.2) is 6.10 Å². The summed E-state index contributed by atoms with van der Waals surface area (Å²) in [7, 11) is 0. The van der Waals surface area contributed by atoms with Gasteiger partial charge in [0.05, 0.1) is 6.42 Å². The third kappa shape index (κ3) is 68.2. The number of unbranched alkanes of at least 4 members (excludes halogenated alkanes) is 30. The van der Waals surface area contributed by atoms with Crippen molar-refractivity contribution in [2.24, 2.45) is 0 Å². The molecule has 6 heteroatoms. The minimum atomic E-state index is -0.847. The summed E-state index contributed by atoms with van der Waals surface area (Å²) in [6, 6.07) is 0. The lowest BCUT2D eigenvalue weighted by Gasteiger charge is -2.18. The lowest BCUT2D eigenvalue weighted by molar-refractivity contribution is -0.166. The molecule has 0 radical (unpaired) electrons. The van der Waals surface area contributed by atoms with Gasteiger partial charge in [-0.15, -0.1) is 0 Å². The molecule has 0 amide bonds. The number of esters is 3. The van der Waals surface area contributed by atoms with Crippen LogP contribution in [0.1, 0.15) is 316 Å². The van der Waals surface area contributed by atoms with Crippen molar-refractivity contribution in [1.82, 2.24) is 0 Å². The van der Waals surface area contributed by atoms with E-state index >= 15 is 0 Å². The minimum Gasteiger partial charge on any atom is -0.462 e. The number of carbonyl (C=O) groups excluding carboxylic acids is 3. The molecule has 6 nitrogen and oxygen atoms in total. The van der Waals surface area contributed by atoms with Crippen LogP contribution in [0.3, 0.4) is 0 Å². The van der Waals surface area contributed by atoms with Crippen LogP contribution in [-0.2, 0) is 28.6 Å². The number of carbonyl (C=O) groups is 3. The monoisotopic (exact) mass is 1150 g/mol. The molecule has 472 valence electrons. The number of rotatable bonds is 62. The predicted octanol–water partition coefficient (Wildman–Crippen LogP) is 24.1. The molecule has 0 aliphatic heterocycles. The van der Waals surface area contributed by atoms with E-state index in [9.17, 15) is 14.4 Å². The summed E-state index contributed by atoms with van der Waals surface area (Å²) < 4.78 is 16.8. The van der Waals surface area contributed by atoms with E-state index in [0.717, 1.165) is 103 Å². The van der Waals surface area contributed by atoms with Crippen molar-refractivity contribution in [3.05, 3.63) is 134 Å². The highest BCUT2D eigenvalue weighted by atomic mass is 16.6. The summed E-state index contributed by atoms with van der Waals surface area (Å²) in [5, 5.41) is 0. The first-order chi connectivity index (χ1) is 41.0. The predicted molar refractivity (Wildman–Crippen MR) is 362 cm³/mol. The Labute approximate surface area is 513 Å². The van der Waals surface area contributed by atoms with Crippen molar-refractivity contribution in [3.63, 3.8) is 0 Å². The van der Waals surface area contributed by atoms with E-state index in [-0.39, 0.29) is 38.0 Å². The molecule has 0 rings (SSSR count). The molecule has 0 aromatic heterocycles. The maximum absolute atomic E-state index is 12.9. The molecule has 0 aromatic rings. The zero-order valence-electron chi connectivity index (χ0n) is 54.2. The molecule has 0 spiro atoms. The molecule has 83 heavy (non-hydrogen) atoms. The fourth-order valence-corrected chi connectivity index (χ4v) is 9.58. The number of hydrogen-bond donors (Lipinski definition) is 0. The Morgan fingerprint density at radius 1 is 0.265 bits per heavy atom. The maximum Gasteiger partial charge on any atom is 0.309 e. The molecule has 0 saturated heterocycles. The topological polar surface area (TPSA) is 78.9 Å². The van der Waals surface area contributed by atoms with E-state index in [1.165, 1.54) is 167 Å². The fraction of sp³-hybridized carbons (Fsp3) is 0.675. The Hall–Kier alpha value is -4.45. The van der Waals surface area contributed by atoms with Gasteiger partial charge in [0.25, 0.3) is 0 Å². The van der Waals surface area contributed by atoms with Crippen LogP contribution >= 0.6 is 0 Å². The Bertz CT molecular complexity index is 1750. The van der Waals surface area contributed by atoms with Crippen LogP contribution in [0.15, 0.2) is 134 Å². The first-order valence-corrected chi connectivity index (χ1v) is 34.7. The van der Waals surface area contributed by atoms with E-state index in [0.29, 0.717) is 12.8 Å². The van der Waals surface area contributed by atoms with Gasteiger partial charge in [-0.1, -0.05) is 334 Å². The van der Waals surface area contributed by atoms with Crippen molar-refractivity contribution in [1.29, 1.82) is 0 Å². The Balaban J connectivity index is 4.38. The van der Waals surface area contributed by atoms with Gasteiger partial charge in [-0.05, 0) is 96.3 Å². The largest absolute Gasteiger partial charge is 0.462 e. The smallest absolute Gasteiger partial charge is 0.309 e. The molecule has 1 unspecified atom stereocenters. The van der Waals surface area contributed by atoms with Crippen LogP contribution in [0.2, 0.25) is 0 Å². The average Bonchev–Trinajstić information content (AvgIpc) is 3.49. The molecule has 0 heterocycles. The number of allylic oxidation sites excluding steroid dienone is 21. The molecule has 0 N–H and O–H groups in total. The van der Waals surface area contributed by atoms with Crippen molar-refractivity contribution < 1.29 is 28.6 Å². The second-order valence-corrected chi connectivity index (χ2v) is 22.7. The summed E-state index contributed by atoms with van der Waals surface area (Å²) in [4.78, 5) is 38.3. The van der Waals surface area contributed by atoms with Crippen LogP contribution < -0.4 is 0 Å². The quantitative estimate of drug-likeness (QED) is 0.0261. The van der Waals surface area contributed by atoms with Crippen LogP contribution in [0.5, 0.6) is 0 Å². The maximum atomic E-state index is 12.9. The SMILES string of the molecule is CC/C=C\C/C=C\C/C=C\C/C=C\C/C=C\C/C=C\CCCCC(=O)OC(COC(=O)C/C=C\C/C=C\C/C=C\C/C=C\C/C=C\CC)COC(=O)CCCCCCCCCCCCCCCCCCCCCCCCCCCCCCC. The standard InChI is InChI=1S/C77H128O6/c1-4-7-10-13-16-19-22-25-28-30-32-34-35-36-37-38-39-40-41-43-44-46-49-52-55-58-61-64-67-70-76(79)82-73-74(72-81-75(78)69-66-63-60-57-54-51-48-27-24-21-18-15-12-9-6-3)83-77(80)71-68-65-62-59-56-53-50-47-45-42-33-31-29-26-23-20-17-14-11-8-5-2/h8-9,11-12,17-18,20-21,26-27,29,33,42,47-48,50,54,56-57,59,63,66,74H,4-7,10,13-16,19,22-25,28,30-32,34-41,43-46,49,51-53,55,58,60-62,64-65,67-73H2,1-3H3/b11-8-,12-9-,20-17-,21-18-,29-26-,42-33-,48-27-,50-47-,57-54-,59-56-,66-63-. The van der Waals surface area contributed by atoms with Crippen molar-refractivity contribution in [2.75, 3.05) is 13.2 Å². The molecular weight excluding hydrogens is 1020 g/mol. The Kier molecular flexibility index (Phi) is 66.3. The van der Waals surface area contributed by atoms with E-state index < -0.39 is 12.1 Å². The van der Waals surface area contributed by atoms with Crippen molar-refractivity contribution >= 4 is 17.9 Å². The average molecular weight is 1150 g/mol. The first-order valence-electron chi connectivity index (χ1n) is 34.7. The fourth-order valence-electron chi connectivity index (χ4n) is 9.58. The summed E-state index contributed by atoms with van der Waals surface area (Å²) in [5.74, 6) is -1.10. The molecule has 0 bridgehead atoms. The molecule has 1 atom stereocenters. The second kappa shape index (κ2) is 70.0. The molecule has 0 aromatic carbocycles. The number of ether oxygens (including phenoxy) is 3. The van der Waals surface area contributed by atoms with Gasteiger partial charge in [0.2, 0.25) is 0 Å². The minimum absolute atomic E-state index is 0.113. The highest BCUT2D eigenvalue weighted by Gasteiger charge is 2.19. The van der Waals surface area contributed by atoms with E-state index in [1.54, 1.807) is 6.08 Å². The normalized spacial score (nSPS) is 13.0. The van der Waals surface area contributed by atoms with Crippen LogP contribution in [-0.4, -0.2) is 37.2 Å². The molecule has 0 fully saturated rings. The highest BCUT2D eigenvalue weighted by molar-refractivity contribution is 5.72. The summed E-state index contributed by atoms with van der Waals surface area (Å²) >= 11 is 0. The van der Waals surface area contributed by atoms with Crippen LogP contribution in [0.4, 0.5) is 0 Å². The number of hydrogen-bond acceptors (Lipinski definition) is 6. The lowest BCUT2D eigenvalue weighted by Crippen LogP contribution is -2.30. The third-order valence-corrected chi connectivity index (χ3v) is 14.7. The third-order valence-electron chi connectivity index (χ3n) is 14.7. The zero-order valence-corrected chi connectivity index (χ0v) is 54.2. The van der Waals surface area contributed by atoms with E-state index in [1.807, 2.05) is 6.08 Å². The first kappa shape index (κ1) is 78.5. The summed E-state index contributed by atoms with van der Waals surface area (Å²) in [5.41, 5.74) is 0. The van der Waals surface area contributed by atoms with Gasteiger partial charge in [-0.2, -0.15) is 0 Å². The zero-order chi connectivity index (χ0) is 59.9. The lowest BCUT2D eigenvalue weighted by atomic mass is 10.0. The van der Waals surface area contributed by atoms with Gasteiger partial charge in [0.1, 0.15) is 13.2 Å². The van der Waals surface area contributed by atoms with Gasteiger partial charge >= 0.3 is 17.9 Å². The molecule has 0 aliphatic rings. The molecule has 0 aliphatic carbocycles. The highest BCUT2D eigenvalue weighted by Crippen LogP contribution is 2.17. The van der Waals surface area contributed by atoms with Gasteiger partial charge < -0.3 is 14.2 Å².